The minimum Gasteiger partial charge on any atom is -0.384 e. The molecule has 0 bridgehead atoms. The van der Waals surface area contributed by atoms with Crippen LogP contribution in [0.15, 0.2) is 24.3 Å². The first-order valence-electron chi connectivity index (χ1n) is 7.31. The van der Waals surface area contributed by atoms with E-state index >= 15 is 0 Å². The standard InChI is InChI=1S/C17H28ClNO/c1-13(12-20-5)15(11-19-17(2,3)4)10-14-8-6-7-9-16(14)18/h6-9,13,15,19H,10-12H2,1-5H3. The first-order chi connectivity index (χ1) is 9.33. The van der Waals surface area contributed by atoms with E-state index in [4.69, 9.17) is 16.3 Å². The van der Waals surface area contributed by atoms with Gasteiger partial charge in [0.1, 0.15) is 0 Å². The van der Waals surface area contributed by atoms with Crippen LogP contribution in [0.3, 0.4) is 0 Å². The topological polar surface area (TPSA) is 21.3 Å². The summed E-state index contributed by atoms with van der Waals surface area (Å²) in [7, 11) is 1.76. The van der Waals surface area contributed by atoms with Gasteiger partial charge in [0.05, 0.1) is 0 Å². The maximum Gasteiger partial charge on any atom is 0.0491 e. The van der Waals surface area contributed by atoms with Gasteiger partial charge in [-0.1, -0.05) is 36.7 Å². The zero-order chi connectivity index (χ0) is 15.2. The smallest absolute Gasteiger partial charge is 0.0491 e. The van der Waals surface area contributed by atoms with Gasteiger partial charge in [0, 0.05) is 24.3 Å². The van der Waals surface area contributed by atoms with E-state index in [1.165, 1.54) is 5.56 Å². The van der Waals surface area contributed by atoms with Gasteiger partial charge in [0.15, 0.2) is 0 Å². The first kappa shape index (κ1) is 17.5. The van der Waals surface area contributed by atoms with Crippen molar-refractivity contribution in [2.45, 2.75) is 39.7 Å². The summed E-state index contributed by atoms with van der Waals surface area (Å²) in [4.78, 5) is 0. The lowest BCUT2D eigenvalue weighted by molar-refractivity contribution is 0.125. The molecule has 20 heavy (non-hydrogen) atoms. The molecule has 2 nitrogen and oxygen atoms in total. The second-order valence-electron chi connectivity index (χ2n) is 6.62. The lowest BCUT2D eigenvalue weighted by Crippen LogP contribution is -2.41. The molecule has 0 saturated heterocycles. The highest BCUT2D eigenvalue weighted by atomic mass is 35.5. The largest absolute Gasteiger partial charge is 0.384 e. The van der Waals surface area contributed by atoms with Crippen LogP contribution >= 0.6 is 11.6 Å². The molecule has 0 aromatic heterocycles. The van der Waals surface area contributed by atoms with Crippen molar-refractivity contribution < 1.29 is 4.74 Å². The lowest BCUT2D eigenvalue weighted by Gasteiger charge is -2.29. The first-order valence-corrected chi connectivity index (χ1v) is 7.68. The van der Waals surface area contributed by atoms with Gasteiger partial charge in [0.25, 0.3) is 0 Å². The number of ether oxygens (including phenoxy) is 1. The fourth-order valence-electron chi connectivity index (χ4n) is 2.26. The van der Waals surface area contributed by atoms with Crippen molar-refractivity contribution in [3.05, 3.63) is 34.9 Å². The molecule has 2 atom stereocenters. The van der Waals surface area contributed by atoms with Gasteiger partial charge >= 0.3 is 0 Å². The van der Waals surface area contributed by atoms with E-state index in [1.54, 1.807) is 7.11 Å². The number of benzene rings is 1. The molecule has 1 aromatic carbocycles. The Balaban J connectivity index is 2.74. The third kappa shape index (κ3) is 6.25. The zero-order valence-electron chi connectivity index (χ0n) is 13.4. The Morgan fingerprint density at radius 1 is 1.25 bits per heavy atom. The minimum atomic E-state index is 0.130. The molecule has 3 heteroatoms. The van der Waals surface area contributed by atoms with Crippen molar-refractivity contribution in [3.8, 4) is 0 Å². The van der Waals surface area contributed by atoms with Crippen LogP contribution in [-0.2, 0) is 11.2 Å². The summed E-state index contributed by atoms with van der Waals surface area (Å²) in [5.74, 6) is 1.00. The second kappa shape index (κ2) is 8.02. The van der Waals surface area contributed by atoms with Crippen molar-refractivity contribution >= 4 is 11.6 Å². The molecule has 0 aliphatic heterocycles. The molecule has 2 unspecified atom stereocenters. The summed E-state index contributed by atoms with van der Waals surface area (Å²) in [6.07, 6.45) is 0.979. The molecular formula is C17H28ClNO. The van der Waals surface area contributed by atoms with Crippen LogP contribution in [-0.4, -0.2) is 25.8 Å². The summed E-state index contributed by atoms with van der Waals surface area (Å²) in [6, 6.07) is 8.11. The lowest BCUT2D eigenvalue weighted by atomic mass is 9.87. The van der Waals surface area contributed by atoms with Crippen molar-refractivity contribution in [2.75, 3.05) is 20.3 Å². The average Bonchev–Trinajstić information content (AvgIpc) is 2.35. The normalized spacial score (nSPS) is 15.1. The van der Waals surface area contributed by atoms with Gasteiger partial charge in [-0.05, 0) is 57.2 Å². The fraction of sp³-hybridized carbons (Fsp3) is 0.647. The van der Waals surface area contributed by atoms with Crippen molar-refractivity contribution in [1.82, 2.24) is 5.32 Å². The highest BCUT2D eigenvalue weighted by Crippen LogP contribution is 2.23. The SMILES string of the molecule is COCC(C)C(CNC(C)(C)C)Cc1ccccc1Cl. The molecule has 1 N–H and O–H groups in total. The van der Waals surface area contributed by atoms with Gasteiger partial charge < -0.3 is 10.1 Å². The number of methoxy groups -OCH3 is 1. The zero-order valence-corrected chi connectivity index (χ0v) is 14.1. The summed E-state index contributed by atoms with van der Waals surface area (Å²) in [5.41, 5.74) is 1.35. The Kier molecular flexibility index (Phi) is 7.01. The van der Waals surface area contributed by atoms with Crippen molar-refractivity contribution in [2.24, 2.45) is 11.8 Å². The van der Waals surface area contributed by atoms with E-state index in [1.807, 2.05) is 12.1 Å². The van der Waals surface area contributed by atoms with Gasteiger partial charge in [-0.3, -0.25) is 0 Å². The molecule has 0 heterocycles. The average molecular weight is 298 g/mol. The summed E-state index contributed by atoms with van der Waals surface area (Å²) in [5, 5.41) is 4.46. The minimum absolute atomic E-state index is 0.130. The molecule has 0 aliphatic rings. The van der Waals surface area contributed by atoms with Crippen LogP contribution in [0.1, 0.15) is 33.3 Å². The number of halogens is 1. The van der Waals surface area contributed by atoms with Gasteiger partial charge in [0.2, 0.25) is 0 Å². The van der Waals surface area contributed by atoms with E-state index in [9.17, 15) is 0 Å². The van der Waals surface area contributed by atoms with Crippen LogP contribution < -0.4 is 5.32 Å². The molecular weight excluding hydrogens is 270 g/mol. The fourth-order valence-corrected chi connectivity index (χ4v) is 2.47. The van der Waals surface area contributed by atoms with Gasteiger partial charge in [-0.25, -0.2) is 0 Å². The molecule has 0 saturated carbocycles. The Labute approximate surface area is 128 Å². The Morgan fingerprint density at radius 2 is 1.90 bits per heavy atom. The predicted octanol–water partition coefficient (Wildman–Crippen LogP) is 4.17. The molecule has 0 amide bonds. The Bertz CT molecular complexity index is 400. The number of nitrogens with one attached hydrogen (secondary N) is 1. The highest BCUT2D eigenvalue weighted by molar-refractivity contribution is 6.31. The van der Waals surface area contributed by atoms with E-state index < -0.39 is 0 Å². The van der Waals surface area contributed by atoms with Crippen LogP contribution in [0.4, 0.5) is 0 Å². The third-order valence-corrected chi connectivity index (χ3v) is 3.94. The molecule has 0 radical (unpaired) electrons. The van der Waals surface area contributed by atoms with Gasteiger partial charge in [-0.2, -0.15) is 0 Å². The maximum atomic E-state index is 6.29. The molecule has 0 fully saturated rings. The van der Waals surface area contributed by atoms with E-state index in [-0.39, 0.29) is 5.54 Å². The monoisotopic (exact) mass is 297 g/mol. The van der Waals surface area contributed by atoms with Crippen LogP contribution in [0.2, 0.25) is 5.02 Å². The molecule has 1 aromatic rings. The van der Waals surface area contributed by atoms with E-state index in [0.717, 1.165) is 24.6 Å². The van der Waals surface area contributed by atoms with Crippen molar-refractivity contribution in [1.29, 1.82) is 0 Å². The van der Waals surface area contributed by atoms with Gasteiger partial charge in [-0.15, -0.1) is 0 Å². The molecule has 0 aliphatic carbocycles. The molecule has 0 spiro atoms. The third-order valence-electron chi connectivity index (χ3n) is 3.57. The predicted molar refractivity (Wildman–Crippen MR) is 87.4 cm³/mol. The second-order valence-corrected chi connectivity index (χ2v) is 7.03. The van der Waals surface area contributed by atoms with Crippen LogP contribution in [0.25, 0.3) is 0 Å². The summed E-state index contributed by atoms with van der Waals surface area (Å²) in [6.45, 7) is 10.6. The Hall–Kier alpha value is -0.570. The summed E-state index contributed by atoms with van der Waals surface area (Å²) < 4.78 is 5.32. The number of hydrogen-bond donors (Lipinski definition) is 1. The van der Waals surface area contributed by atoms with E-state index in [0.29, 0.717) is 11.8 Å². The molecule has 1 rings (SSSR count). The van der Waals surface area contributed by atoms with Crippen LogP contribution in [0, 0.1) is 11.8 Å². The quantitative estimate of drug-likeness (QED) is 0.815. The van der Waals surface area contributed by atoms with Crippen LogP contribution in [0.5, 0.6) is 0 Å². The number of hydrogen-bond acceptors (Lipinski definition) is 2. The maximum absolute atomic E-state index is 6.29. The highest BCUT2D eigenvalue weighted by Gasteiger charge is 2.21. The van der Waals surface area contributed by atoms with E-state index in [2.05, 4.69) is 45.1 Å². The molecule has 114 valence electrons. The van der Waals surface area contributed by atoms with Crippen molar-refractivity contribution in [3.63, 3.8) is 0 Å². The Morgan fingerprint density at radius 3 is 2.45 bits per heavy atom. The number of rotatable bonds is 7. The summed E-state index contributed by atoms with van der Waals surface area (Å²) >= 11 is 6.29.